The number of rotatable bonds is 7. The van der Waals surface area contributed by atoms with Gasteiger partial charge >= 0.3 is 6.36 Å². The molecule has 1 atom stereocenters. The molecule has 3 fully saturated rings. The third-order valence-electron chi connectivity index (χ3n) is 8.46. The highest BCUT2D eigenvalue weighted by Gasteiger charge is 2.46. The Balaban J connectivity index is 1.25. The quantitative estimate of drug-likeness (QED) is 0.401. The molecule has 1 spiro atoms. The van der Waals surface area contributed by atoms with Crippen LogP contribution in [0, 0.1) is 5.41 Å². The van der Waals surface area contributed by atoms with Crippen LogP contribution in [0.3, 0.4) is 0 Å². The zero-order valence-electron chi connectivity index (χ0n) is 23.5. The van der Waals surface area contributed by atoms with Gasteiger partial charge in [-0.2, -0.15) is 5.10 Å². The maximum Gasteiger partial charge on any atom is 0.573 e. The molecule has 3 aliphatic rings. The number of aromatic nitrogens is 5. The van der Waals surface area contributed by atoms with E-state index in [4.69, 9.17) is 4.98 Å². The normalized spacial score (nSPS) is 21.4. The van der Waals surface area contributed by atoms with Crippen molar-refractivity contribution in [2.45, 2.75) is 51.2 Å². The van der Waals surface area contributed by atoms with E-state index in [1.165, 1.54) is 6.20 Å². The summed E-state index contributed by atoms with van der Waals surface area (Å²) in [7, 11) is -3.02. The summed E-state index contributed by atoms with van der Waals surface area (Å²) in [5, 5.41) is 17.4. The predicted molar refractivity (Wildman–Crippen MR) is 152 cm³/mol. The molecule has 0 aliphatic carbocycles. The number of nitrogens with zero attached hydrogens (tertiary/aromatic N) is 7. The van der Waals surface area contributed by atoms with E-state index in [1.54, 1.807) is 30.1 Å². The molecule has 12 nitrogen and oxygen atoms in total. The minimum absolute atomic E-state index is 0.0543. The second-order valence-electron chi connectivity index (χ2n) is 11.6. The molecule has 0 saturated carbocycles. The van der Waals surface area contributed by atoms with Gasteiger partial charge in [0.1, 0.15) is 39.3 Å². The molecule has 43 heavy (non-hydrogen) atoms. The molecule has 3 aliphatic heterocycles. The average molecular weight is 623 g/mol. The Morgan fingerprint density at radius 2 is 1.84 bits per heavy atom. The second kappa shape index (κ2) is 11.2. The summed E-state index contributed by atoms with van der Waals surface area (Å²) in [5.41, 5.74) is 0.752. The van der Waals surface area contributed by atoms with Crippen molar-refractivity contribution in [2.75, 3.05) is 47.9 Å². The summed E-state index contributed by atoms with van der Waals surface area (Å²) in [6, 6.07) is 3.93. The molecule has 6 rings (SSSR count). The number of halogens is 3. The van der Waals surface area contributed by atoms with E-state index in [9.17, 15) is 26.7 Å². The number of sulfone groups is 1. The van der Waals surface area contributed by atoms with Crippen molar-refractivity contribution in [2.24, 2.45) is 5.41 Å². The van der Waals surface area contributed by atoms with Crippen molar-refractivity contribution in [1.29, 1.82) is 0 Å². The van der Waals surface area contributed by atoms with E-state index in [0.29, 0.717) is 35.9 Å². The molecule has 0 radical (unpaired) electrons. The number of aliphatic hydroxyl groups is 1. The van der Waals surface area contributed by atoms with E-state index < -0.39 is 28.2 Å². The monoisotopic (exact) mass is 622 g/mol. The van der Waals surface area contributed by atoms with Gasteiger partial charge in [-0.1, -0.05) is 0 Å². The van der Waals surface area contributed by atoms with E-state index in [0.717, 1.165) is 51.2 Å². The van der Waals surface area contributed by atoms with Gasteiger partial charge in [0.05, 0.1) is 29.3 Å². The summed E-state index contributed by atoms with van der Waals surface area (Å²) in [6.45, 7) is 4.97. The SMILES string of the molecule is CC(O)N1CCC2(CC1)CN(c1cc(Nc3cc(OC(F)(F)F)ccn3)nc(-c3cnn(C4CCS(=O)(=O)CC4)c3)n1)C2. The van der Waals surface area contributed by atoms with E-state index in [1.807, 2.05) is 0 Å². The number of anilines is 3. The van der Waals surface area contributed by atoms with Crippen LogP contribution >= 0.6 is 0 Å². The van der Waals surface area contributed by atoms with Crippen molar-refractivity contribution in [3.8, 4) is 17.1 Å². The largest absolute Gasteiger partial charge is 0.573 e. The lowest BCUT2D eigenvalue weighted by atomic mass is 9.72. The second-order valence-corrected chi connectivity index (χ2v) is 13.9. The van der Waals surface area contributed by atoms with Crippen LogP contribution in [-0.4, -0.2) is 93.4 Å². The Hall–Kier alpha value is -3.50. The number of hydrogen-bond acceptors (Lipinski definition) is 11. The van der Waals surface area contributed by atoms with Gasteiger partial charge in [0.2, 0.25) is 0 Å². The van der Waals surface area contributed by atoms with Crippen LogP contribution < -0.4 is 15.0 Å². The van der Waals surface area contributed by atoms with Crippen LogP contribution in [0.5, 0.6) is 5.75 Å². The lowest BCUT2D eigenvalue weighted by Crippen LogP contribution is -2.61. The van der Waals surface area contributed by atoms with Crippen LogP contribution in [0.25, 0.3) is 11.4 Å². The Labute approximate surface area is 246 Å². The van der Waals surface area contributed by atoms with Gasteiger partial charge in [-0.25, -0.2) is 23.4 Å². The maximum absolute atomic E-state index is 12.8. The number of pyridine rings is 1. The smallest absolute Gasteiger partial charge is 0.406 e. The number of piperidine rings is 1. The first-order valence-electron chi connectivity index (χ1n) is 14.2. The highest BCUT2D eigenvalue weighted by atomic mass is 32.2. The zero-order chi connectivity index (χ0) is 30.4. The summed E-state index contributed by atoms with van der Waals surface area (Å²) in [6.07, 6.45) is 2.18. The standard InChI is InChI=1S/C27H33F3N8O4S/c1-18(39)36-8-5-26(6-9-36)16-37(17-26)24-13-23(33-22-12-21(2-7-31-22)42-27(28,29)30)34-25(35-24)19-14-32-38(15-19)20-3-10-43(40,41)11-4-20/h2,7,12-15,18,20,39H,3-6,8-11,16-17H2,1H3,(H,31,33,34,35). The van der Waals surface area contributed by atoms with Crippen LogP contribution in [0.15, 0.2) is 36.8 Å². The highest BCUT2D eigenvalue weighted by molar-refractivity contribution is 7.91. The average Bonchev–Trinajstić information content (AvgIpc) is 3.41. The summed E-state index contributed by atoms with van der Waals surface area (Å²) >= 11 is 0. The number of likely N-dealkylation sites (tertiary alicyclic amines) is 1. The molecule has 6 heterocycles. The lowest BCUT2D eigenvalue weighted by Gasteiger charge is -2.54. The summed E-state index contributed by atoms with van der Waals surface area (Å²) < 4.78 is 67.9. The summed E-state index contributed by atoms with van der Waals surface area (Å²) in [5.74, 6) is 1.27. The van der Waals surface area contributed by atoms with Gasteiger partial charge < -0.3 is 20.1 Å². The van der Waals surface area contributed by atoms with E-state index in [2.05, 4.69) is 34.9 Å². The van der Waals surface area contributed by atoms with Crippen LogP contribution in [0.4, 0.5) is 30.6 Å². The fourth-order valence-electron chi connectivity index (χ4n) is 6.01. The minimum atomic E-state index is -4.84. The molecule has 2 N–H and O–H groups in total. The molecular weight excluding hydrogens is 589 g/mol. The molecule has 1 unspecified atom stereocenters. The van der Waals surface area contributed by atoms with Crippen molar-refractivity contribution < 1.29 is 31.4 Å². The minimum Gasteiger partial charge on any atom is -0.406 e. The Morgan fingerprint density at radius 1 is 1.12 bits per heavy atom. The molecular formula is C27H33F3N8O4S. The maximum atomic E-state index is 12.8. The molecule has 232 valence electrons. The van der Waals surface area contributed by atoms with Gasteiger partial charge in [-0.3, -0.25) is 9.58 Å². The number of alkyl halides is 3. The molecule has 3 aromatic rings. The lowest BCUT2D eigenvalue weighted by molar-refractivity contribution is -0.274. The van der Waals surface area contributed by atoms with Crippen molar-refractivity contribution in [3.05, 3.63) is 36.8 Å². The van der Waals surface area contributed by atoms with Crippen molar-refractivity contribution >= 4 is 27.3 Å². The Bertz CT molecular complexity index is 1550. The Morgan fingerprint density at radius 3 is 2.51 bits per heavy atom. The van der Waals surface area contributed by atoms with Gasteiger partial charge in [-0.05, 0) is 38.7 Å². The first-order chi connectivity index (χ1) is 20.4. The molecule has 3 aromatic heterocycles. The topological polar surface area (TPSA) is 139 Å². The predicted octanol–water partition coefficient (Wildman–Crippen LogP) is 3.37. The highest BCUT2D eigenvalue weighted by Crippen LogP contribution is 2.43. The third-order valence-corrected chi connectivity index (χ3v) is 10.2. The van der Waals surface area contributed by atoms with E-state index in [-0.39, 0.29) is 28.8 Å². The van der Waals surface area contributed by atoms with Crippen LogP contribution in [0.2, 0.25) is 0 Å². The fourth-order valence-corrected chi connectivity index (χ4v) is 7.47. The first-order valence-corrected chi connectivity index (χ1v) is 16.0. The fraction of sp³-hybridized carbons (Fsp3) is 0.556. The van der Waals surface area contributed by atoms with Gasteiger partial charge in [-0.15, -0.1) is 13.2 Å². The first kappa shape index (κ1) is 29.6. The van der Waals surface area contributed by atoms with Crippen LogP contribution in [0.1, 0.15) is 38.6 Å². The molecule has 0 bridgehead atoms. The molecule has 16 heteroatoms. The van der Waals surface area contributed by atoms with Crippen molar-refractivity contribution in [3.63, 3.8) is 0 Å². The number of aliphatic hydroxyl groups excluding tert-OH is 1. The summed E-state index contributed by atoms with van der Waals surface area (Å²) in [4.78, 5) is 17.8. The molecule has 0 amide bonds. The number of nitrogens with one attached hydrogen (secondary N) is 1. The van der Waals surface area contributed by atoms with E-state index >= 15 is 0 Å². The zero-order valence-corrected chi connectivity index (χ0v) is 24.4. The van der Waals surface area contributed by atoms with Gasteiger partial charge in [0.25, 0.3) is 0 Å². The molecule has 3 saturated heterocycles. The molecule has 0 aromatic carbocycles. The number of ether oxygens (including phenoxy) is 1. The number of hydrogen-bond donors (Lipinski definition) is 2. The third kappa shape index (κ3) is 6.86. The van der Waals surface area contributed by atoms with Gasteiger partial charge in [0.15, 0.2) is 5.82 Å². The Kier molecular flexibility index (Phi) is 7.71. The van der Waals surface area contributed by atoms with Gasteiger partial charge in [0, 0.05) is 56.1 Å². The van der Waals surface area contributed by atoms with Crippen molar-refractivity contribution in [1.82, 2.24) is 29.6 Å². The van der Waals surface area contributed by atoms with Crippen LogP contribution in [-0.2, 0) is 9.84 Å².